The van der Waals surface area contributed by atoms with Gasteiger partial charge in [0.1, 0.15) is 0 Å². The van der Waals surface area contributed by atoms with Crippen LogP contribution in [0.25, 0.3) is 0 Å². The van der Waals surface area contributed by atoms with E-state index in [0.717, 1.165) is 12.8 Å². The Hall–Kier alpha value is -1.82. The van der Waals surface area contributed by atoms with Crippen LogP contribution in [0, 0.1) is 22.0 Å². The lowest BCUT2D eigenvalue weighted by Gasteiger charge is -2.34. The zero-order chi connectivity index (χ0) is 17.0. The van der Waals surface area contributed by atoms with Crippen molar-refractivity contribution in [1.29, 1.82) is 0 Å². The Morgan fingerprint density at radius 1 is 1.43 bits per heavy atom. The SMILES string of the molecule is C[C@H]1[C@@H](NC(=O)COc2ccc(Cl)cc2[N+](=O)[O-])CCC[C@@H]1C. The van der Waals surface area contributed by atoms with Crippen molar-refractivity contribution in [3.63, 3.8) is 0 Å². The first-order chi connectivity index (χ1) is 10.9. The molecule has 0 radical (unpaired) electrons. The molecule has 1 amide bonds. The monoisotopic (exact) mass is 340 g/mol. The third-order valence-electron chi connectivity index (χ3n) is 4.53. The minimum absolute atomic E-state index is 0.0413. The predicted octanol–water partition coefficient (Wildman–Crippen LogP) is 3.57. The first-order valence-electron chi connectivity index (χ1n) is 7.74. The van der Waals surface area contributed by atoms with E-state index in [1.165, 1.54) is 24.6 Å². The van der Waals surface area contributed by atoms with Crippen LogP contribution in [-0.2, 0) is 4.79 Å². The Labute approximate surface area is 140 Å². The molecule has 0 aliphatic heterocycles. The summed E-state index contributed by atoms with van der Waals surface area (Å²) in [5, 5.41) is 14.2. The Kier molecular flexibility index (Phi) is 5.82. The number of halogens is 1. The Morgan fingerprint density at radius 3 is 2.87 bits per heavy atom. The third-order valence-corrected chi connectivity index (χ3v) is 4.76. The summed E-state index contributed by atoms with van der Waals surface area (Å²) < 4.78 is 5.31. The number of nitrogens with zero attached hydrogens (tertiary/aromatic N) is 1. The number of nitro groups is 1. The summed E-state index contributed by atoms with van der Waals surface area (Å²) in [6, 6.07) is 4.24. The van der Waals surface area contributed by atoms with Gasteiger partial charge in [-0.1, -0.05) is 38.3 Å². The van der Waals surface area contributed by atoms with Crippen LogP contribution < -0.4 is 10.1 Å². The van der Waals surface area contributed by atoms with E-state index >= 15 is 0 Å². The van der Waals surface area contributed by atoms with Crippen molar-refractivity contribution in [3.8, 4) is 5.75 Å². The fourth-order valence-electron chi connectivity index (χ4n) is 2.93. The van der Waals surface area contributed by atoms with E-state index in [1.807, 2.05) is 0 Å². The number of nitro benzene ring substituents is 1. The Morgan fingerprint density at radius 2 is 2.17 bits per heavy atom. The first kappa shape index (κ1) is 17.5. The van der Waals surface area contributed by atoms with Gasteiger partial charge >= 0.3 is 5.69 Å². The van der Waals surface area contributed by atoms with Gasteiger partial charge in [-0.3, -0.25) is 14.9 Å². The van der Waals surface area contributed by atoms with Gasteiger partial charge in [-0.2, -0.15) is 0 Å². The van der Waals surface area contributed by atoms with Gasteiger partial charge in [-0.25, -0.2) is 0 Å². The number of rotatable bonds is 5. The van der Waals surface area contributed by atoms with Gasteiger partial charge in [0.05, 0.1) is 4.92 Å². The summed E-state index contributed by atoms with van der Waals surface area (Å²) in [6.45, 7) is 4.08. The molecule has 6 nitrogen and oxygen atoms in total. The van der Waals surface area contributed by atoms with Gasteiger partial charge in [0.15, 0.2) is 12.4 Å². The van der Waals surface area contributed by atoms with Crippen LogP contribution in [0.4, 0.5) is 5.69 Å². The molecule has 0 aromatic heterocycles. The van der Waals surface area contributed by atoms with Crippen molar-refractivity contribution in [2.45, 2.75) is 39.2 Å². The Bertz CT molecular complexity index is 593. The summed E-state index contributed by atoms with van der Waals surface area (Å²) in [5.74, 6) is 0.768. The molecule has 2 rings (SSSR count). The van der Waals surface area contributed by atoms with E-state index in [2.05, 4.69) is 19.2 Å². The molecule has 1 aromatic rings. The van der Waals surface area contributed by atoms with Gasteiger partial charge in [0.25, 0.3) is 5.91 Å². The van der Waals surface area contributed by atoms with Crippen LogP contribution in [0.5, 0.6) is 5.75 Å². The van der Waals surface area contributed by atoms with Crippen molar-refractivity contribution < 1.29 is 14.5 Å². The van der Waals surface area contributed by atoms with Crippen molar-refractivity contribution >= 4 is 23.2 Å². The van der Waals surface area contributed by atoms with E-state index < -0.39 is 4.92 Å². The molecule has 0 unspecified atom stereocenters. The van der Waals surface area contributed by atoms with Crippen molar-refractivity contribution in [3.05, 3.63) is 33.3 Å². The number of nitrogens with one attached hydrogen (secondary N) is 1. The van der Waals surface area contributed by atoms with Crippen LogP contribution in [0.2, 0.25) is 5.02 Å². The minimum Gasteiger partial charge on any atom is -0.477 e. The summed E-state index contributed by atoms with van der Waals surface area (Å²) in [4.78, 5) is 22.5. The topological polar surface area (TPSA) is 81.5 Å². The number of benzene rings is 1. The van der Waals surface area contributed by atoms with E-state index in [0.29, 0.717) is 11.8 Å². The zero-order valence-corrected chi connectivity index (χ0v) is 14.0. The van der Waals surface area contributed by atoms with E-state index in [4.69, 9.17) is 16.3 Å². The van der Waals surface area contributed by atoms with Crippen LogP contribution >= 0.6 is 11.6 Å². The Balaban J connectivity index is 1.93. The molecule has 1 aliphatic rings. The lowest BCUT2D eigenvalue weighted by atomic mass is 9.78. The maximum absolute atomic E-state index is 12.1. The lowest BCUT2D eigenvalue weighted by Crippen LogP contribution is -2.45. The molecule has 126 valence electrons. The summed E-state index contributed by atoms with van der Waals surface area (Å²) in [6.07, 6.45) is 3.24. The molecule has 23 heavy (non-hydrogen) atoms. The fourth-order valence-corrected chi connectivity index (χ4v) is 3.10. The van der Waals surface area contributed by atoms with Gasteiger partial charge in [-0.05, 0) is 30.4 Å². The minimum atomic E-state index is -0.579. The highest BCUT2D eigenvalue weighted by atomic mass is 35.5. The maximum atomic E-state index is 12.1. The molecule has 0 spiro atoms. The molecular weight excluding hydrogens is 320 g/mol. The number of ether oxygens (including phenoxy) is 1. The van der Waals surface area contributed by atoms with E-state index in [1.54, 1.807) is 0 Å². The average Bonchev–Trinajstić information content (AvgIpc) is 2.50. The van der Waals surface area contributed by atoms with Gasteiger partial charge in [0.2, 0.25) is 0 Å². The first-order valence-corrected chi connectivity index (χ1v) is 8.12. The van der Waals surface area contributed by atoms with E-state index in [-0.39, 0.29) is 35.0 Å². The molecule has 0 heterocycles. The van der Waals surface area contributed by atoms with Gasteiger partial charge < -0.3 is 10.1 Å². The summed E-state index contributed by atoms with van der Waals surface area (Å²) >= 11 is 5.74. The van der Waals surface area contributed by atoms with E-state index in [9.17, 15) is 14.9 Å². The molecule has 0 saturated heterocycles. The average molecular weight is 341 g/mol. The second-order valence-corrected chi connectivity index (χ2v) is 6.54. The molecular formula is C16H21ClN2O4. The largest absolute Gasteiger partial charge is 0.477 e. The molecule has 7 heteroatoms. The van der Waals surface area contributed by atoms with Crippen molar-refractivity contribution in [1.82, 2.24) is 5.32 Å². The second kappa shape index (κ2) is 7.64. The fraction of sp³-hybridized carbons (Fsp3) is 0.562. The molecule has 1 fully saturated rings. The standard InChI is InChI=1S/C16H21ClN2O4/c1-10-4-3-5-13(11(10)2)18-16(20)9-23-15-7-6-12(17)8-14(15)19(21)22/h6-8,10-11,13H,3-5,9H2,1-2H3,(H,18,20)/t10-,11+,13-/m0/s1. The zero-order valence-electron chi connectivity index (χ0n) is 13.3. The number of carbonyl (C=O) groups excluding carboxylic acids is 1. The van der Waals surface area contributed by atoms with Crippen LogP contribution in [-0.4, -0.2) is 23.5 Å². The normalized spacial score (nSPS) is 24.0. The highest BCUT2D eigenvalue weighted by Crippen LogP contribution is 2.31. The molecule has 1 aliphatic carbocycles. The van der Waals surface area contributed by atoms with Crippen LogP contribution in [0.3, 0.4) is 0 Å². The predicted molar refractivity (Wildman–Crippen MR) is 87.7 cm³/mol. The molecule has 3 atom stereocenters. The molecule has 1 saturated carbocycles. The van der Waals surface area contributed by atoms with Crippen LogP contribution in [0.15, 0.2) is 18.2 Å². The summed E-state index contributed by atoms with van der Waals surface area (Å²) in [7, 11) is 0. The molecule has 0 bridgehead atoms. The molecule has 1 N–H and O–H groups in total. The van der Waals surface area contributed by atoms with Crippen molar-refractivity contribution in [2.24, 2.45) is 11.8 Å². The number of amides is 1. The summed E-state index contributed by atoms with van der Waals surface area (Å²) in [5.41, 5.74) is -0.245. The number of hydrogen-bond acceptors (Lipinski definition) is 4. The second-order valence-electron chi connectivity index (χ2n) is 6.10. The molecule has 1 aromatic carbocycles. The highest BCUT2D eigenvalue weighted by molar-refractivity contribution is 6.30. The van der Waals surface area contributed by atoms with Crippen molar-refractivity contribution in [2.75, 3.05) is 6.61 Å². The third kappa shape index (κ3) is 4.58. The van der Waals surface area contributed by atoms with Crippen LogP contribution in [0.1, 0.15) is 33.1 Å². The number of hydrogen-bond donors (Lipinski definition) is 1. The van der Waals surface area contributed by atoms with Gasteiger partial charge in [0, 0.05) is 17.1 Å². The van der Waals surface area contributed by atoms with Gasteiger partial charge in [-0.15, -0.1) is 0 Å². The highest BCUT2D eigenvalue weighted by Gasteiger charge is 2.28. The quantitative estimate of drug-likeness (QED) is 0.656. The lowest BCUT2D eigenvalue weighted by molar-refractivity contribution is -0.385. The maximum Gasteiger partial charge on any atom is 0.312 e. The smallest absolute Gasteiger partial charge is 0.312 e. The number of carbonyl (C=O) groups is 1.